The second kappa shape index (κ2) is 5.16. The minimum Gasteiger partial charge on any atom is -0.494 e. The molecule has 0 spiro atoms. The highest BCUT2D eigenvalue weighted by Gasteiger charge is 2.15. The maximum absolute atomic E-state index is 11.1. The van der Waals surface area contributed by atoms with E-state index in [2.05, 4.69) is 0 Å². The van der Waals surface area contributed by atoms with E-state index in [0.717, 1.165) is 5.75 Å². The number of Topliss-reactive ketones (excluding diaryl/α,β-unsaturated/α-hetero) is 1. The molecule has 78 valence electrons. The maximum atomic E-state index is 11.1. The fourth-order valence-electron chi connectivity index (χ4n) is 1.32. The lowest BCUT2D eigenvalue weighted by atomic mass is 9.97. The molecule has 0 radical (unpaired) electrons. The maximum Gasteiger partial charge on any atom is 0.151 e. The largest absolute Gasteiger partial charge is 0.494 e. The Balaban J connectivity index is 2.88. The predicted octanol–water partition coefficient (Wildman–Crippen LogP) is 2.28. The van der Waals surface area contributed by atoms with E-state index in [-0.39, 0.29) is 5.78 Å². The smallest absolute Gasteiger partial charge is 0.151 e. The zero-order chi connectivity index (χ0) is 11.3. The van der Waals surface area contributed by atoms with Crippen LogP contribution in [0.1, 0.15) is 25.3 Å². The molecule has 0 saturated heterocycles. The summed E-state index contributed by atoms with van der Waals surface area (Å²) in [5.74, 6) is -0.0520. The Morgan fingerprint density at radius 2 is 2.07 bits per heavy atom. The molecule has 0 aliphatic rings. The van der Waals surface area contributed by atoms with Crippen LogP contribution < -0.4 is 4.74 Å². The molecule has 3 nitrogen and oxygen atoms in total. The second-order valence-corrected chi connectivity index (χ2v) is 3.17. The summed E-state index contributed by atoms with van der Waals surface area (Å²) in [6.07, 6.45) is 0. The van der Waals surface area contributed by atoms with Gasteiger partial charge in [0, 0.05) is 0 Å². The van der Waals surface area contributed by atoms with E-state index in [9.17, 15) is 4.79 Å². The molecular weight excluding hydrogens is 190 g/mol. The molecule has 0 saturated carbocycles. The van der Waals surface area contributed by atoms with E-state index < -0.39 is 5.92 Å². The monoisotopic (exact) mass is 203 g/mol. The summed E-state index contributed by atoms with van der Waals surface area (Å²) in [7, 11) is 0. The van der Waals surface area contributed by atoms with Crippen molar-refractivity contribution in [3.8, 4) is 11.8 Å². The lowest BCUT2D eigenvalue weighted by molar-refractivity contribution is -0.117. The van der Waals surface area contributed by atoms with Gasteiger partial charge in [0.05, 0.1) is 12.7 Å². The van der Waals surface area contributed by atoms with Crippen LogP contribution in [0, 0.1) is 11.3 Å². The van der Waals surface area contributed by atoms with Crippen molar-refractivity contribution in [2.75, 3.05) is 6.61 Å². The number of carbonyl (C=O) groups excluding carboxylic acids is 1. The highest BCUT2D eigenvalue weighted by Crippen LogP contribution is 2.19. The van der Waals surface area contributed by atoms with Gasteiger partial charge in [-0.2, -0.15) is 5.26 Å². The molecule has 15 heavy (non-hydrogen) atoms. The Morgan fingerprint density at radius 3 is 2.47 bits per heavy atom. The summed E-state index contributed by atoms with van der Waals surface area (Å²) >= 11 is 0. The van der Waals surface area contributed by atoms with Gasteiger partial charge in [-0.15, -0.1) is 0 Å². The summed E-state index contributed by atoms with van der Waals surface area (Å²) in [4.78, 5) is 11.1. The topological polar surface area (TPSA) is 50.1 Å². The van der Waals surface area contributed by atoms with Crippen molar-refractivity contribution in [3.63, 3.8) is 0 Å². The number of nitrogens with zero attached hydrogens (tertiary/aromatic N) is 1. The minimum atomic E-state index is -0.666. The lowest BCUT2D eigenvalue weighted by Gasteiger charge is -2.07. The van der Waals surface area contributed by atoms with Gasteiger partial charge in [0.1, 0.15) is 11.7 Å². The van der Waals surface area contributed by atoms with E-state index >= 15 is 0 Å². The average molecular weight is 203 g/mol. The van der Waals surface area contributed by atoms with Gasteiger partial charge in [-0.3, -0.25) is 4.79 Å². The summed E-state index contributed by atoms with van der Waals surface area (Å²) in [5.41, 5.74) is 0.716. The third-order valence-electron chi connectivity index (χ3n) is 2.06. The van der Waals surface area contributed by atoms with Crippen LogP contribution in [0.5, 0.6) is 5.75 Å². The van der Waals surface area contributed by atoms with E-state index in [0.29, 0.717) is 12.2 Å². The van der Waals surface area contributed by atoms with Gasteiger partial charge in [-0.05, 0) is 31.5 Å². The molecule has 0 aliphatic heterocycles. The average Bonchev–Trinajstić information content (AvgIpc) is 2.21. The normalized spacial score (nSPS) is 11.5. The quantitative estimate of drug-likeness (QED) is 0.754. The lowest BCUT2D eigenvalue weighted by Crippen LogP contribution is -2.06. The van der Waals surface area contributed by atoms with Crippen LogP contribution in [0.2, 0.25) is 0 Å². The van der Waals surface area contributed by atoms with Crippen molar-refractivity contribution in [2.45, 2.75) is 19.8 Å². The summed E-state index contributed by atoms with van der Waals surface area (Å²) in [6, 6.07) is 9.02. The van der Waals surface area contributed by atoms with Crippen molar-refractivity contribution in [2.24, 2.45) is 0 Å². The van der Waals surface area contributed by atoms with Gasteiger partial charge < -0.3 is 4.74 Å². The zero-order valence-electron chi connectivity index (χ0n) is 8.86. The number of hydrogen-bond donors (Lipinski definition) is 0. The standard InChI is InChI=1S/C12H13NO2/c1-3-15-11-6-4-10(5-7-11)12(8-13)9(2)14/h4-7,12H,3H2,1-2H3. The Kier molecular flexibility index (Phi) is 3.87. The Morgan fingerprint density at radius 1 is 1.47 bits per heavy atom. The first-order valence-electron chi connectivity index (χ1n) is 4.82. The molecular formula is C12H13NO2. The molecule has 1 atom stereocenters. The van der Waals surface area contributed by atoms with Gasteiger partial charge in [-0.25, -0.2) is 0 Å². The summed E-state index contributed by atoms with van der Waals surface area (Å²) < 4.78 is 5.27. The van der Waals surface area contributed by atoms with Gasteiger partial charge in [0.25, 0.3) is 0 Å². The minimum absolute atomic E-state index is 0.137. The first kappa shape index (κ1) is 11.3. The summed E-state index contributed by atoms with van der Waals surface area (Å²) in [5, 5.41) is 8.82. The van der Waals surface area contributed by atoms with Gasteiger partial charge >= 0.3 is 0 Å². The Labute approximate surface area is 89.3 Å². The number of ketones is 1. The SMILES string of the molecule is CCOc1ccc(C(C#N)C(C)=O)cc1. The number of nitriles is 1. The predicted molar refractivity (Wildman–Crippen MR) is 56.6 cm³/mol. The number of benzene rings is 1. The van der Waals surface area contributed by atoms with Crippen LogP contribution in [-0.4, -0.2) is 12.4 Å². The van der Waals surface area contributed by atoms with E-state index in [4.69, 9.17) is 10.00 Å². The molecule has 1 aromatic carbocycles. The van der Waals surface area contributed by atoms with Crippen LogP contribution in [-0.2, 0) is 4.79 Å². The molecule has 0 aliphatic carbocycles. The van der Waals surface area contributed by atoms with Gasteiger partial charge in [0.2, 0.25) is 0 Å². The zero-order valence-corrected chi connectivity index (χ0v) is 8.86. The van der Waals surface area contributed by atoms with Crippen molar-refractivity contribution >= 4 is 5.78 Å². The molecule has 0 amide bonds. The molecule has 0 aromatic heterocycles. The van der Waals surface area contributed by atoms with Crippen LogP contribution in [0.3, 0.4) is 0 Å². The number of hydrogen-bond acceptors (Lipinski definition) is 3. The van der Waals surface area contributed by atoms with Crippen molar-refractivity contribution < 1.29 is 9.53 Å². The third kappa shape index (κ3) is 2.81. The van der Waals surface area contributed by atoms with Crippen molar-refractivity contribution in [1.29, 1.82) is 5.26 Å². The molecule has 1 aromatic rings. The van der Waals surface area contributed by atoms with E-state index in [1.165, 1.54) is 6.92 Å². The third-order valence-corrected chi connectivity index (χ3v) is 2.06. The molecule has 0 bridgehead atoms. The van der Waals surface area contributed by atoms with Gasteiger partial charge in [-0.1, -0.05) is 12.1 Å². The van der Waals surface area contributed by atoms with Crippen LogP contribution in [0.4, 0.5) is 0 Å². The molecule has 3 heteroatoms. The summed E-state index contributed by atoms with van der Waals surface area (Å²) in [6.45, 7) is 3.93. The number of carbonyl (C=O) groups is 1. The highest BCUT2D eigenvalue weighted by atomic mass is 16.5. The first-order valence-corrected chi connectivity index (χ1v) is 4.82. The molecule has 1 rings (SSSR count). The van der Waals surface area contributed by atoms with Crippen LogP contribution in [0.25, 0.3) is 0 Å². The van der Waals surface area contributed by atoms with Crippen LogP contribution >= 0.6 is 0 Å². The number of rotatable bonds is 4. The Hall–Kier alpha value is -1.82. The fraction of sp³-hybridized carbons (Fsp3) is 0.333. The highest BCUT2D eigenvalue weighted by molar-refractivity contribution is 5.86. The second-order valence-electron chi connectivity index (χ2n) is 3.17. The van der Waals surface area contributed by atoms with Crippen LogP contribution in [0.15, 0.2) is 24.3 Å². The Bertz CT molecular complexity index is 376. The van der Waals surface area contributed by atoms with Gasteiger partial charge in [0.15, 0.2) is 5.78 Å². The van der Waals surface area contributed by atoms with Crippen molar-refractivity contribution in [1.82, 2.24) is 0 Å². The first-order chi connectivity index (χ1) is 7.19. The molecule has 0 N–H and O–H groups in total. The molecule has 0 fully saturated rings. The number of ether oxygens (including phenoxy) is 1. The molecule has 0 heterocycles. The molecule has 1 unspecified atom stereocenters. The van der Waals surface area contributed by atoms with E-state index in [1.54, 1.807) is 24.3 Å². The fourth-order valence-corrected chi connectivity index (χ4v) is 1.32. The van der Waals surface area contributed by atoms with Crippen molar-refractivity contribution in [3.05, 3.63) is 29.8 Å². The van der Waals surface area contributed by atoms with E-state index in [1.807, 2.05) is 13.0 Å².